The van der Waals surface area contributed by atoms with Gasteiger partial charge in [-0.2, -0.15) is 0 Å². The van der Waals surface area contributed by atoms with Crippen molar-refractivity contribution in [2.24, 2.45) is 0 Å². The Morgan fingerprint density at radius 1 is 1.07 bits per heavy atom. The van der Waals surface area contributed by atoms with E-state index in [-0.39, 0.29) is 22.1 Å². The third-order valence-corrected chi connectivity index (χ3v) is 5.63. The summed E-state index contributed by atoms with van der Waals surface area (Å²) in [7, 11) is -3.80. The number of hydrogen-bond acceptors (Lipinski definition) is 4. The van der Waals surface area contributed by atoms with Crippen molar-refractivity contribution < 1.29 is 18.0 Å². The van der Waals surface area contributed by atoms with Crippen molar-refractivity contribution in [3.8, 4) is 0 Å². The number of amides is 2. The van der Waals surface area contributed by atoms with E-state index in [2.05, 4.69) is 15.4 Å². The lowest BCUT2D eigenvalue weighted by Crippen LogP contribution is -2.44. The van der Waals surface area contributed by atoms with Crippen LogP contribution in [0.15, 0.2) is 47.4 Å². The molecule has 28 heavy (non-hydrogen) atoms. The highest BCUT2D eigenvalue weighted by molar-refractivity contribution is 7.92. The minimum absolute atomic E-state index is 0.187. The van der Waals surface area contributed by atoms with Gasteiger partial charge in [0.05, 0.1) is 4.90 Å². The number of carbonyl (C=O) groups excluding carboxylic acids is 2. The maximum atomic E-state index is 12.7. The topological polar surface area (TPSA) is 104 Å². The highest BCUT2D eigenvalue weighted by Gasteiger charge is 2.19. The van der Waals surface area contributed by atoms with Gasteiger partial charge in [0.2, 0.25) is 5.91 Å². The van der Waals surface area contributed by atoms with E-state index in [4.69, 9.17) is 0 Å². The van der Waals surface area contributed by atoms with Gasteiger partial charge in [-0.15, -0.1) is 0 Å². The molecule has 0 saturated heterocycles. The zero-order valence-corrected chi connectivity index (χ0v) is 17.2. The second-order valence-corrected chi connectivity index (χ2v) is 8.20. The average Bonchev–Trinajstić information content (AvgIpc) is 2.63. The summed E-state index contributed by atoms with van der Waals surface area (Å²) in [5, 5.41) is 5.22. The second-order valence-electron chi connectivity index (χ2n) is 6.54. The maximum Gasteiger partial charge on any atom is 0.262 e. The number of anilines is 1. The number of sulfonamides is 1. The molecular formula is C20H25N3O4S. The van der Waals surface area contributed by atoms with Crippen LogP contribution in [-0.2, 0) is 14.8 Å². The highest BCUT2D eigenvalue weighted by Crippen LogP contribution is 2.21. The van der Waals surface area contributed by atoms with E-state index in [0.717, 1.165) is 5.56 Å². The van der Waals surface area contributed by atoms with Crippen LogP contribution in [0.4, 0.5) is 5.69 Å². The van der Waals surface area contributed by atoms with Crippen LogP contribution in [0.2, 0.25) is 0 Å². The molecule has 150 valence electrons. The van der Waals surface area contributed by atoms with Crippen LogP contribution in [0.25, 0.3) is 0 Å². The van der Waals surface area contributed by atoms with Crippen molar-refractivity contribution in [3.63, 3.8) is 0 Å². The molecule has 0 aliphatic rings. The third-order valence-electron chi connectivity index (χ3n) is 4.10. The molecule has 2 rings (SSSR count). The normalized spacial score (nSPS) is 12.1. The number of hydrogen-bond donors (Lipinski definition) is 3. The SMILES string of the molecule is CCNC(=O)[C@@H](C)NC(=O)c1cccc(NS(=O)(=O)c2cc(C)ccc2C)c1. The molecule has 0 saturated carbocycles. The van der Waals surface area contributed by atoms with Crippen LogP contribution in [0.5, 0.6) is 0 Å². The molecule has 0 aromatic heterocycles. The molecule has 0 fully saturated rings. The molecule has 0 radical (unpaired) electrons. The fraction of sp³-hybridized carbons (Fsp3) is 0.300. The summed E-state index contributed by atoms with van der Waals surface area (Å²) in [6.07, 6.45) is 0. The minimum Gasteiger partial charge on any atom is -0.355 e. The van der Waals surface area contributed by atoms with Crippen LogP contribution >= 0.6 is 0 Å². The standard InChI is InChI=1S/C20H25N3O4S/c1-5-21-19(24)15(4)22-20(25)16-7-6-8-17(12-16)23-28(26,27)18-11-13(2)9-10-14(18)3/h6-12,15,23H,5H2,1-4H3,(H,21,24)(H,22,25)/t15-/m1/s1. The largest absolute Gasteiger partial charge is 0.355 e. The van der Waals surface area contributed by atoms with Crippen LogP contribution < -0.4 is 15.4 Å². The summed E-state index contributed by atoms with van der Waals surface area (Å²) in [6, 6.07) is 10.6. The molecule has 2 aromatic rings. The second kappa shape index (κ2) is 8.88. The van der Waals surface area contributed by atoms with Gasteiger partial charge >= 0.3 is 0 Å². The van der Waals surface area contributed by atoms with Gasteiger partial charge in [-0.1, -0.05) is 18.2 Å². The van der Waals surface area contributed by atoms with Crippen LogP contribution in [-0.4, -0.2) is 32.8 Å². The van der Waals surface area contributed by atoms with Crippen LogP contribution in [0.3, 0.4) is 0 Å². The first-order valence-corrected chi connectivity index (χ1v) is 10.4. The lowest BCUT2D eigenvalue weighted by molar-refractivity contribution is -0.122. The first-order valence-electron chi connectivity index (χ1n) is 8.92. The Morgan fingerprint density at radius 3 is 2.46 bits per heavy atom. The van der Waals surface area contributed by atoms with Gasteiger partial charge in [-0.25, -0.2) is 8.42 Å². The Balaban J connectivity index is 2.20. The van der Waals surface area contributed by atoms with E-state index in [1.54, 1.807) is 51.1 Å². The van der Waals surface area contributed by atoms with Gasteiger partial charge in [0.25, 0.3) is 15.9 Å². The fourth-order valence-electron chi connectivity index (χ4n) is 2.60. The van der Waals surface area contributed by atoms with Crippen molar-refractivity contribution >= 4 is 27.5 Å². The number of benzene rings is 2. The Bertz CT molecular complexity index is 987. The maximum absolute atomic E-state index is 12.7. The van der Waals surface area contributed by atoms with E-state index < -0.39 is 22.0 Å². The predicted octanol–water partition coefficient (Wildman–Crippen LogP) is 2.36. The first-order chi connectivity index (χ1) is 13.1. The molecule has 1 atom stereocenters. The summed E-state index contributed by atoms with van der Waals surface area (Å²) in [6.45, 7) is 7.38. The zero-order chi connectivity index (χ0) is 20.9. The summed E-state index contributed by atoms with van der Waals surface area (Å²) in [5.74, 6) is -0.755. The van der Waals surface area contributed by atoms with Crippen LogP contribution in [0.1, 0.15) is 35.3 Å². The Labute approximate surface area is 165 Å². The molecule has 0 aliphatic carbocycles. The van der Waals surface area contributed by atoms with Crippen molar-refractivity contribution in [3.05, 3.63) is 59.2 Å². The third kappa shape index (κ3) is 5.32. The first kappa shape index (κ1) is 21.4. The molecule has 0 aliphatic heterocycles. The summed E-state index contributed by atoms with van der Waals surface area (Å²) >= 11 is 0. The molecule has 0 unspecified atom stereocenters. The predicted molar refractivity (Wildman–Crippen MR) is 109 cm³/mol. The number of nitrogens with one attached hydrogen (secondary N) is 3. The van der Waals surface area contributed by atoms with E-state index >= 15 is 0 Å². The van der Waals surface area contributed by atoms with Crippen LogP contribution in [0, 0.1) is 13.8 Å². The Morgan fingerprint density at radius 2 is 1.79 bits per heavy atom. The van der Waals surface area contributed by atoms with Gasteiger partial charge in [0.1, 0.15) is 6.04 Å². The lowest BCUT2D eigenvalue weighted by Gasteiger charge is -2.14. The number of aryl methyl sites for hydroxylation is 2. The number of carbonyl (C=O) groups is 2. The van der Waals surface area contributed by atoms with E-state index in [0.29, 0.717) is 12.1 Å². The smallest absolute Gasteiger partial charge is 0.262 e. The Kier molecular flexibility index (Phi) is 6.80. The lowest BCUT2D eigenvalue weighted by atomic mass is 10.2. The van der Waals surface area contributed by atoms with Gasteiger partial charge in [0, 0.05) is 17.8 Å². The number of likely N-dealkylation sites (N-methyl/N-ethyl adjacent to an activating group) is 1. The van der Waals surface area contributed by atoms with Crippen molar-refractivity contribution in [2.45, 2.75) is 38.6 Å². The summed E-state index contributed by atoms with van der Waals surface area (Å²) in [4.78, 5) is 24.3. The van der Waals surface area contributed by atoms with E-state index in [9.17, 15) is 18.0 Å². The zero-order valence-electron chi connectivity index (χ0n) is 16.4. The fourth-order valence-corrected chi connectivity index (χ4v) is 3.98. The van der Waals surface area contributed by atoms with Crippen molar-refractivity contribution in [1.82, 2.24) is 10.6 Å². The summed E-state index contributed by atoms with van der Waals surface area (Å²) < 4.78 is 28.0. The van der Waals surface area contributed by atoms with Crippen molar-refractivity contribution in [2.75, 3.05) is 11.3 Å². The van der Waals surface area contributed by atoms with Gasteiger partial charge in [0.15, 0.2) is 0 Å². The monoisotopic (exact) mass is 403 g/mol. The van der Waals surface area contributed by atoms with Crippen molar-refractivity contribution in [1.29, 1.82) is 0 Å². The minimum atomic E-state index is -3.80. The molecule has 0 bridgehead atoms. The van der Waals surface area contributed by atoms with Gasteiger partial charge in [-0.05, 0) is 63.1 Å². The molecule has 7 nitrogen and oxygen atoms in total. The average molecular weight is 404 g/mol. The summed E-state index contributed by atoms with van der Waals surface area (Å²) in [5.41, 5.74) is 1.97. The molecule has 0 heterocycles. The molecular weight excluding hydrogens is 378 g/mol. The molecule has 2 amide bonds. The van der Waals surface area contributed by atoms with E-state index in [1.807, 2.05) is 13.0 Å². The van der Waals surface area contributed by atoms with Gasteiger partial charge < -0.3 is 10.6 Å². The molecule has 8 heteroatoms. The molecule has 0 spiro atoms. The molecule has 2 aromatic carbocycles. The van der Waals surface area contributed by atoms with Gasteiger partial charge in [-0.3, -0.25) is 14.3 Å². The quantitative estimate of drug-likeness (QED) is 0.660. The highest BCUT2D eigenvalue weighted by atomic mass is 32.2. The Hall–Kier alpha value is -2.87. The number of rotatable bonds is 7. The molecule has 3 N–H and O–H groups in total. The van der Waals surface area contributed by atoms with E-state index in [1.165, 1.54) is 6.07 Å².